The first-order chi connectivity index (χ1) is 14.3. The first kappa shape index (κ1) is 19.6. The average Bonchev–Trinajstić information content (AvgIpc) is 3.15. The number of fused-ring (bicyclic) bond motifs is 1. The third-order valence-electron chi connectivity index (χ3n) is 4.30. The van der Waals surface area contributed by atoms with Gasteiger partial charge in [-0.05, 0) is 29.8 Å². The number of rotatable bonds is 5. The topological polar surface area (TPSA) is 95.1 Å². The molecule has 0 aliphatic carbocycles. The van der Waals surface area contributed by atoms with Crippen molar-refractivity contribution in [3.05, 3.63) is 76.8 Å². The predicted octanol–water partition coefficient (Wildman–Crippen LogP) is 2.61. The molecule has 0 aliphatic rings. The quantitative estimate of drug-likeness (QED) is 0.537. The standard InChI is InChI=1S/C19H14F3N5O3/c20-19(21,22)30-14-8-6-12(7-9-14)15(28)10-26-11-23-17-16(18(26)29)24-25-27(17)13-4-2-1-3-5-13/h1-9,11,15,28H,10H2. The van der Waals surface area contributed by atoms with Gasteiger partial charge in [0, 0.05) is 0 Å². The van der Waals surface area contributed by atoms with Gasteiger partial charge in [-0.1, -0.05) is 35.5 Å². The molecule has 0 fully saturated rings. The lowest BCUT2D eigenvalue weighted by Gasteiger charge is -2.14. The highest BCUT2D eigenvalue weighted by Gasteiger charge is 2.31. The summed E-state index contributed by atoms with van der Waals surface area (Å²) in [4.78, 5) is 16.9. The molecule has 2 aromatic heterocycles. The molecule has 1 unspecified atom stereocenters. The normalized spacial score (nSPS) is 12.8. The van der Waals surface area contributed by atoms with Gasteiger partial charge in [-0.25, -0.2) is 4.98 Å². The van der Waals surface area contributed by atoms with Gasteiger partial charge in [0.2, 0.25) is 0 Å². The van der Waals surface area contributed by atoms with E-state index in [1.807, 2.05) is 18.2 Å². The number of hydrogen-bond donors (Lipinski definition) is 1. The van der Waals surface area contributed by atoms with E-state index >= 15 is 0 Å². The third-order valence-corrected chi connectivity index (χ3v) is 4.30. The van der Waals surface area contributed by atoms with Gasteiger partial charge in [-0.2, -0.15) is 4.68 Å². The maximum absolute atomic E-state index is 12.7. The molecule has 2 aromatic carbocycles. The zero-order valence-corrected chi connectivity index (χ0v) is 15.2. The van der Waals surface area contributed by atoms with E-state index in [0.717, 1.165) is 16.7 Å². The minimum atomic E-state index is -4.80. The number of aliphatic hydroxyl groups excluding tert-OH is 1. The number of halogens is 3. The molecule has 4 aromatic rings. The summed E-state index contributed by atoms with van der Waals surface area (Å²) in [5.74, 6) is -0.406. The molecule has 2 heterocycles. The Labute approximate surface area is 166 Å². The van der Waals surface area contributed by atoms with Crippen molar-refractivity contribution in [3.63, 3.8) is 0 Å². The molecule has 1 atom stereocenters. The van der Waals surface area contributed by atoms with Crippen LogP contribution in [0.15, 0.2) is 65.7 Å². The Hall–Kier alpha value is -3.73. The van der Waals surface area contributed by atoms with Gasteiger partial charge in [0.05, 0.1) is 18.3 Å². The summed E-state index contributed by atoms with van der Waals surface area (Å²) in [6.07, 6.45) is -4.70. The molecule has 8 nitrogen and oxygen atoms in total. The van der Waals surface area contributed by atoms with E-state index in [1.54, 1.807) is 12.1 Å². The number of aromatic nitrogens is 5. The number of benzene rings is 2. The fraction of sp³-hybridized carbons (Fsp3) is 0.158. The second-order valence-corrected chi connectivity index (χ2v) is 6.34. The zero-order valence-electron chi connectivity index (χ0n) is 15.2. The van der Waals surface area contributed by atoms with E-state index < -0.39 is 23.8 Å². The lowest BCUT2D eigenvalue weighted by atomic mass is 10.1. The summed E-state index contributed by atoms with van der Waals surface area (Å²) in [7, 11) is 0. The Balaban J connectivity index is 1.57. The van der Waals surface area contributed by atoms with E-state index in [1.165, 1.54) is 23.1 Å². The first-order valence-electron chi connectivity index (χ1n) is 8.72. The highest BCUT2D eigenvalue weighted by atomic mass is 19.4. The predicted molar refractivity (Wildman–Crippen MR) is 99.0 cm³/mol. The lowest BCUT2D eigenvalue weighted by molar-refractivity contribution is -0.274. The molecule has 0 saturated carbocycles. The Kier molecular flexibility index (Phi) is 4.96. The van der Waals surface area contributed by atoms with Crippen molar-refractivity contribution in [2.75, 3.05) is 0 Å². The number of alkyl halides is 3. The highest BCUT2D eigenvalue weighted by molar-refractivity contribution is 5.70. The zero-order chi connectivity index (χ0) is 21.3. The molecular weight excluding hydrogens is 403 g/mol. The Bertz CT molecular complexity index is 1220. The van der Waals surface area contributed by atoms with Crippen LogP contribution in [0.3, 0.4) is 0 Å². The molecule has 0 bridgehead atoms. The molecule has 0 spiro atoms. The van der Waals surface area contributed by atoms with Gasteiger partial charge in [0.15, 0.2) is 11.2 Å². The van der Waals surface area contributed by atoms with Crippen LogP contribution in [0.5, 0.6) is 5.75 Å². The number of para-hydroxylation sites is 1. The molecule has 0 radical (unpaired) electrons. The van der Waals surface area contributed by atoms with Crippen LogP contribution in [-0.2, 0) is 6.54 Å². The van der Waals surface area contributed by atoms with Crippen LogP contribution in [0.2, 0.25) is 0 Å². The number of ether oxygens (including phenoxy) is 1. The number of nitrogens with zero attached hydrogens (tertiary/aromatic N) is 5. The summed E-state index contributed by atoms with van der Waals surface area (Å²) in [5, 5.41) is 18.2. The van der Waals surface area contributed by atoms with Crippen molar-refractivity contribution in [2.45, 2.75) is 19.0 Å². The number of hydrogen-bond acceptors (Lipinski definition) is 6. The van der Waals surface area contributed by atoms with Gasteiger partial charge in [-0.3, -0.25) is 9.36 Å². The fourth-order valence-corrected chi connectivity index (χ4v) is 2.90. The smallest absolute Gasteiger partial charge is 0.406 e. The van der Waals surface area contributed by atoms with E-state index in [4.69, 9.17) is 0 Å². The third kappa shape index (κ3) is 4.01. The fourth-order valence-electron chi connectivity index (χ4n) is 2.90. The molecule has 154 valence electrons. The Morgan fingerprint density at radius 1 is 1.07 bits per heavy atom. The molecule has 11 heteroatoms. The van der Waals surface area contributed by atoms with Crippen LogP contribution in [0.1, 0.15) is 11.7 Å². The van der Waals surface area contributed by atoms with Crippen LogP contribution in [0.25, 0.3) is 16.9 Å². The van der Waals surface area contributed by atoms with E-state index in [-0.39, 0.29) is 17.7 Å². The van der Waals surface area contributed by atoms with Gasteiger partial charge in [0.25, 0.3) is 5.56 Å². The van der Waals surface area contributed by atoms with Crippen molar-refractivity contribution in [3.8, 4) is 11.4 Å². The van der Waals surface area contributed by atoms with Crippen LogP contribution in [-0.4, -0.2) is 36.0 Å². The summed E-state index contributed by atoms with van der Waals surface area (Å²) in [5.41, 5.74) is 0.793. The number of aliphatic hydroxyl groups is 1. The molecule has 0 amide bonds. The van der Waals surface area contributed by atoms with Gasteiger partial charge in [-0.15, -0.1) is 18.3 Å². The maximum atomic E-state index is 12.7. The molecular formula is C19H14F3N5O3. The van der Waals surface area contributed by atoms with Crippen LogP contribution in [0, 0.1) is 0 Å². The van der Waals surface area contributed by atoms with Crippen molar-refractivity contribution in [2.24, 2.45) is 0 Å². The second-order valence-electron chi connectivity index (χ2n) is 6.34. The lowest BCUT2D eigenvalue weighted by Crippen LogP contribution is -2.24. The summed E-state index contributed by atoms with van der Waals surface area (Å²) in [6.45, 7) is -0.167. The van der Waals surface area contributed by atoms with Crippen molar-refractivity contribution in [1.29, 1.82) is 0 Å². The summed E-state index contributed by atoms with van der Waals surface area (Å²) in [6, 6.07) is 13.8. The van der Waals surface area contributed by atoms with Crippen molar-refractivity contribution < 1.29 is 23.0 Å². The first-order valence-corrected chi connectivity index (χ1v) is 8.72. The van der Waals surface area contributed by atoms with E-state index in [2.05, 4.69) is 20.0 Å². The Morgan fingerprint density at radius 3 is 2.43 bits per heavy atom. The highest BCUT2D eigenvalue weighted by Crippen LogP contribution is 2.24. The minimum absolute atomic E-state index is 0.0301. The van der Waals surface area contributed by atoms with Crippen LogP contribution < -0.4 is 10.3 Å². The SMILES string of the molecule is O=c1c2nnn(-c3ccccc3)c2ncn1CC(O)c1ccc(OC(F)(F)F)cc1. The van der Waals surface area contributed by atoms with Crippen molar-refractivity contribution in [1.82, 2.24) is 24.5 Å². The van der Waals surface area contributed by atoms with Crippen LogP contribution in [0.4, 0.5) is 13.2 Å². The average molecular weight is 417 g/mol. The van der Waals surface area contributed by atoms with E-state index in [0.29, 0.717) is 11.3 Å². The van der Waals surface area contributed by atoms with E-state index in [9.17, 15) is 23.1 Å². The van der Waals surface area contributed by atoms with Gasteiger partial charge >= 0.3 is 6.36 Å². The van der Waals surface area contributed by atoms with Gasteiger partial charge in [0.1, 0.15) is 12.1 Å². The summed E-state index contributed by atoms with van der Waals surface area (Å²) >= 11 is 0. The largest absolute Gasteiger partial charge is 0.573 e. The second kappa shape index (κ2) is 7.59. The van der Waals surface area contributed by atoms with Gasteiger partial charge < -0.3 is 9.84 Å². The molecule has 0 saturated heterocycles. The summed E-state index contributed by atoms with van der Waals surface area (Å²) < 4.78 is 43.1. The molecule has 1 N–H and O–H groups in total. The van der Waals surface area contributed by atoms with Crippen LogP contribution >= 0.6 is 0 Å². The van der Waals surface area contributed by atoms with Crippen molar-refractivity contribution >= 4 is 11.2 Å². The maximum Gasteiger partial charge on any atom is 0.573 e. The molecule has 0 aliphatic heterocycles. The Morgan fingerprint density at radius 2 is 1.77 bits per heavy atom. The minimum Gasteiger partial charge on any atom is -0.406 e. The monoisotopic (exact) mass is 417 g/mol. The molecule has 4 rings (SSSR count). The molecule has 30 heavy (non-hydrogen) atoms.